The van der Waals surface area contributed by atoms with Crippen LogP contribution in [0, 0.1) is 17.0 Å². The summed E-state index contributed by atoms with van der Waals surface area (Å²) in [5.41, 5.74) is 2.13. The van der Waals surface area contributed by atoms with Crippen LogP contribution in [0.25, 0.3) is 11.0 Å². The summed E-state index contributed by atoms with van der Waals surface area (Å²) in [7, 11) is 3.19. The summed E-state index contributed by atoms with van der Waals surface area (Å²) in [5, 5.41) is 19.0. The highest BCUT2D eigenvalue weighted by Gasteiger charge is 2.18. The number of hydrogen-bond acceptors (Lipinski definition) is 6. The number of aryl methyl sites for hydroxylation is 2. The molecule has 23 heavy (non-hydrogen) atoms. The Balaban J connectivity index is 1.99. The zero-order valence-corrected chi connectivity index (χ0v) is 12.8. The lowest BCUT2D eigenvalue weighted by Gasteiger charge is -2.11. The third kappa shape index (κ3) is 2.66. The van der Waals surface area contributed by atoms with E-state index in [9.17, 15) is 10.1 Å². The number of benzene rings is 2. The summed E-state index contributed by atoms with van der Waals surface area (Å²) in [6.45, 7) is 1.74. The second-order valence-corrected chi connectivity index (χ2v) is 5.01. The second-order valence-electron chi connectivity index (χ2n) is 5.01. The maximum Gasteiger partial charge on any atom is 0.311 e. The van der Waals surface area contributed by atoms with E-state index in [0.29, 0.717) is 22.6 Å². The molecule has 1 heterocycles. The first-order valence-electron chi connectivity index (χ1n) is 6.80. The molecule has 0 bridgehead atoms. The van der Waals surface area contributed by atoms with Gasteiger partial charge in [0.2, 0.25) is 5.75 Å². The fourth-order valence-electron chi connectivity index (χ4n) is 2.28. The molecular formula is C15H14N4O4. The Kier molecular flexibility index (Phi) is 3.57. The number of nitrogens with zero attached hydrogens (tertiary/aromatic N) is 4. The van der Waals surface area contributed by atoms with Crippen LogP contribution < -0.4 is 9.47 Å². The summed E-state index contributed by atoms with van der Waals surface area (Å²) in [6, 6.07) is 8.33. The van der Waals surface area contributed by atoms with Gasteiger partial charge in [0.05, 0.1) is 17.5 Å². The first kappa shape index (κ1) is 14.8. The molecular weight excluding hydrogens is 300 g/mol. The zero-order valence-electron chi connectivity index (χ0n) is 12.8. The molecule has 0 saturated heterocycles. The fraction of sp³-hybridized carbons (Fsp3) is 0.200. The number of methoxy groups -OCH3 is 1. The lowest BCUT2D eigenvalue weighted by Crippen LogP contribution is -1.96. The van der Waals surface area contributed by atoms with Gasteiger partial charge in [-0.25, -0.2) is 4.68 Å². The Hall–Kier alpha value is -3.16. The molecule has 118 valence electrons. The van der Waals surface area contributed by atoms with Gasteiger partial charge in [-0.3, -0.25) is 10.1 Å². The average Bonchev–Trinajstić information content (AvgIpc) is 2.89. The van der Waals surface area contributed by atoms with Gasteiger partial charge >= 0.3 is 5.69 Å². The first-order valence-corrected chi connectivity index (χ1v) is 6.80. The fourth-order valence-corrected chi connectivity index (χ4v) is 2.28. The van der Waals surface area contributed by atoms with Crippen molar-refractivity contribution in [1.29, 1.82) is 0 Å². The predicted octanol–water partition coefficient (Wildman–Crippen LogP) is 2.99. The molecule has 0 radical (unpaired) electrons. The molecule has 0 aliphatic carbocycles. The molecule has 8 nitrogen and oxygen atoms in total. The monoisotopic (exact) mass is 314 g/mol. The smallest absolute Gasteiger partial charge is 0.311 e. The van der Waals surface area contributed by atoms with Crippen LogP contribution in [0.3, 0.4) is 0 Å². The summed E-state index contributed by atoms with van der Waals surface area (Å²) in [6.07, 6.45) is 0. The predicted molar refractivity (Wildman–Crippen MR) is 83.0 cm³/mol. The molecule has 1 aromatic heterocycles. The molecule has 0 unspecified atom stereocenters. The normalized spacial score (nSPS) is 10.7. The van der Waals surface area contributed by atoms with Crippen LogP contribution >= 0.6 is 0 Å². The average molecular weight is 314 g/mol. The highest BCUT2D eigenvalue weighted by molar-refractivity contribution is 5.76. The Morgan fingerprint density at radius 3 is 2.70 bits per heavy atom. The van der Waals surface area contributed by atoms with Crippen molar-refractivity contribution < 1.29 is 14.4 Å². The van der Waals surface area contributed by atoms with Crippen LogP contribution in [0.15, 0.2) is 30.3 Å². The maximum atomic E-state index is 11.0. The van der Waals surface area contributed by atoms with Crippen LogP contribution in [-0.2, 0) is 7.05 Å². The van der Waals surface area contributed by atoms with E-state index in [-0.39, 0.29) is 11.4 Å². The van der Waals surface area contributed by atoms with Gasteiger partial charge in [-0.15, -0.1) is 5.10 Å². The van der Waals surface area contributed by atoms with E-state index < -0.39 is 4.92 Å². The van der Waals surface area contributed by atoms with Crippen LogP contribution in [0.1, 0.15) is 5.56 Å². The van der Waals surface area contributed by atoms with E-state index in [1.807, 2.05) is 6.07 Å². The molecule has 8 heteroatoms. The summed E-state index contributed by atoms with van der Waals surface area (Å²) in [5.74, 6) is 1.20. The van der Waals surface area contributed by atoms with E-state index in [1.54, 1.807) is 30.8 Å². The van der Waals surface area contributed by atoms with Gasteiger partial charge in [0.25, 0.3) is 0 Å². The number of ether oxygens (including phenoxy) is 2. The summed E-state index contributed by atoms with van der Waals surface area (Å²) in [4.78, 5) is 10.5. The number of nitro benzene ring substituents is 1. The lowest BCUT2D eigenvalue weighted by atomic mass is 10.2. The van der Waals surface area contributed by atoms with E-state index >= 15 is 0 Å². The summed E-state index contributed by atoms with van der Waals surface area (Å²) < 4.78 is 12.6. The molecule has 0 fully saturated rings. The van der Waals surface area contributed by atoms with E-state index in [0.717, 1.165) is 5.52 Å². The van der Waals surface area contributed by atoms with Gasteiger partial charge < -0.3 is 9.47 Å². The Morgan fingerprint density at radius 1 is 1.22 bits per heavy atom. The number of fused-ring (bicyclic) bond motifs is 1. The second kappa shape index (κ2) is 5.56. The molecule has 0 spiro atoms. The van der Waals surface area contributed by atoms with E-state index in [2.05, 4.69) is 10.3 Å². The Bertz CT molecular complexity index is 904. The van der Waals surface area contributed by atoms with Crippen molar-refractivity contribution in [2.24, 2.45) is 7.05 Å². The number of hydrogen-bond donors (Lipinski definition) is 0. The maximum absolute atomic E-state index is 11.0. The van der Waals surface area contributed by atoms with Gasteiger partial charge in [0, 0.05) is 25.2 Å². The van der Waals surface area contributed by atoms with Crippen molar-refractivity contribution in [2.45, 2.75) is 6.92 Å². The summed E-state index contributed by atoms with van der Waals surface area (Å²) >= 11 is 0. The molecule has 0 aliphatic heterocycles. The van der Waals surface area contributed by atoms with Gasteiger partial charge in [0.15, 0.2) is 0 Å². The van der Waals surface area contributed by atoms with Crippen LogP contribution in [0.5, 0.6) is 17.2 Å². The number of aromatic nitrogens is 3. The SMILES string of the molecule is COc1cc(Oc2ccc3c(c2)nnn3C)c(C)cc1[N+](=O)[O-]. The molecule has 0 saturated carbocycles. The van der Waals surface area contributed by atoms with Gasteiger partial charge in [-0.1, -0.05) is 5.21 Å². The highest BCUT2D eigenvalue weighted by atomic mass is 16.6. The molecule has 3 aromatic rings. The van der Waals surface area contributed by atoms with Gasteiger partial charge in [0.1, 0.15) is 17.0 Å². The van der Waals surface area contributed by atoms with Gasteiger partial charge in [-0.2, -0.15) is 0 Å². The number of rotatable bonds is 4. The molecule has 0 atom stereocenters. The van der Waals surface area contributed by atoms with Crippen molar-refractivity contribution in [3.8, 4) is 17.2 Å². The Labute approximate surface area is 131 Å². The largest absolute Gasteiger partial charge is 0.490 e. The minimum Gasteiger partial charge on any atom is -0.490 e. The number of nitro groups is 1. The van der Waals surface area contributed by atoms with Crippen molar-refractivity contribution in [1.82, 2.24) is 15.0 Å². The van der Waals surface area contributed by atoms with E-state index in [1.165, 1.54) is 19.2 Å². The molecule has 3 rings (SSSR count). The van der Waals surface area contributed by atoms with Crippen molar-refractivity contribution >= 4 is 16.7 Å². The standard InChI is InChI=1S/C15H14N4O4/c1-9-6-13(19(20)21)15(22-3)8-14(9)23-10-4-5-12-11(7-10)16-17-18(12)2/h4-8H,1-3H3. The molecule has 0 amide bonds. The van der Waals surface area contributed by atoms with Crippen LogP contribution in [-0.4, -0.2) is 27.0 Å². The minimum absolute atomic E-state index is 0.0956. The lowest BCUT2D eigenvalue weighted by molar-refractivity contribution is -0.385. The Morgan fingerprint density at radius 2 is 2.00 bits per heavy atom. The quantitative estimate of drug-likeness (QED) is 0.543. The zero-order chi connectivity index (χ0) is 16.6. The third-order valence-electron chi connectivity index (χ3n) is 3.48. The molecule has 0 N–H and O–H groups in total. The van der Waals surface area contributed by atoms with Gasteiger partial charge in [-0.05, 0) is 24.6 Å². The van der Waals surface area contributed by atoms with Crippen molar-refractivity contribution in [2.75, 3.05) is 7.11 Å². The topological polar surface area (TPSA) is 92.3 Å². The van der Waals surface area contributed by atoms with Crippen LogP contribution in [0.2, 0.25) is 0 Å². The van der Waals surface area contributed by atoms with Crippen molar-refractivity contribution in [3.63, 3.8) is 0 Å². The first-order chi connectivity index (χ1) is 11.0. The molecule has 2 aromatic carbocycles. The molecule has 0 aliphatic rings. The highest BCUT2D eigenvalue weighted by Crippen LogP contribution is 2.36. The van der Waals surface area contributed by atoms with E-state index in [4.69, 9.17) is 9.47 Å². The third-order valence-corrected chi connectivity index (χ3v) is 3.48. The van der Waals surface area contributed by atoms with Crippen molar-refractivity contribution in [3.05, 3.63) is 46.0 Å². The minimum atomic E-state index is -0.485. The van der Waals surface area contributed by atoms with Crippen LogP contribution in [0.4, 0.5) is 5.69 Å².